The van der Waals surface area contributed by atoms with Gasteiger partial charge in [-0.1, -0.05) is 42.5 Å². The van der Waals surface area contributed by atoms with Crippen LogP contribution in [0.2, 0.25) is 0 Å². The number of anilines is 1. The van der Waals surface area contributed by atoms with Crippen molar-refractivity contribution >= 4 is 28.6 Å². The van der Waals surface area contributed by atoms with Crippen LogP contribution in [0.3, 0.4) is 0 Å². The Balaban J connectivity index is 2.03. The molecule has 0 atom stereocenters. The Hall–Kier alpha value is -4.00. The highest BCUT2D eigenvalue weighted by molar-refractivity contribution is 5.97. The lowest BCUT2D eigenvalue weighted by Crippen LogP contribution is -2.07. The molecule has 7 heteroatoms. The number of ketones is 2. The Bertz CT molecular complexity index is 1160. The summed E-state index contributed by atoms with van der Waals surface area (Å²) >= 11 is 0. The molecular formula is C25H25N5O2. The molecule has 0 fully saturated rings. The Morgan fingerprint density at radius 2 is 1.12 bits per heavy atom. The number of Topliss-reactive ketones (excluding diaryl/α,β-unsaturated/α-hetero) is 2. The predicted octanol–water partition coefficient (Wildman–Crippen LogP) is 7.22. The predicted molar refractivity (Wildman–Crippen MR) is 125 cm³/mol. The topological polar surface area (TPSA) is 86.8 Å². The molecule has 0 amide bonds. The van der Waals surface area contributed by atoms with E-state index >= 15 is 0 Å². The van der Waals surface area contributed by atoms with Gasteiger partial charge in [0.15, 0.2) is 11.6 Å². The number of hydrogen-bond donors (Lipinski definition) is 0. The van der Waals surface area contributed by atoms with Crippen LogP contribution in [0.5, 0.6) is 0 Å². The maximum absolute atomic E-state index is 11.8. The summed E-state index contributed by atoms with van der Waals surface area (Å²) in [5, 5.41) is 18.6. The standard InChI is InChI=1S/C25H25N5O2/c1-16-10-6-7-15-25(16)30(28-26-23-13-8-11-21(17(23)2)19(4)31)29-27-24-14-9-12-22(18(24)3)20(5)32/h6-15H,1-5H3. The van der Waals surface area contributed by atoms with Crippen LogP contribution in [-0.2, 0) is 0 Å². The smallest absolute Gasteiger partial charge is 0.160 e. The number of para-hydroxylation sites is 1. The molecule has 3 aromatic carbocycles. The molecule has 0 aliphatic rings. The van der Waals surface area contributed by atoms with Crippen LogP contribution in [0.1, 0.15) is 51.3 Å². The van der Waals surface area contributed by atoms with Crippen molar-refractivity contribution in [3.8, 4) is 0 Å². The van der Waals surface area contributed by atoms with Crippen LogP contribution in [0.25, 0.3) is 0 Å². The third-order valence-electron chi connectivity index (χ3n) is 5.17. The fourth-order valence-corrected chi connectivity index (χ4v) is 3.31. The number of nitrogens with zero attached hydrogens (tertiary/aromatic N) is 5. The molecule has 0 saturated heterocycles. The zero-order valence-corrected chi connectivity index (χ0v) is 18.8. The molecule has 3 aromatic rings. The second-order valence-electron chi connectivity index (χ2n) is 7.47. The zero-order valence-electron chi connectivity index (χ0n) is 18.8. The lowest BCUT2D eigenvalue weighted by molar-refractivity contribution is 0.100. The van der Waals surface area contributed by atoms with Gasteiger partial charge in [-0.05, 0) is 80.0 Å². The van der Waals surface area contributed by atoms with Gasteiger partial charge >= 0.3 is 0 Å². The fraction of sp³-hybridized carbons (Fsp3) is 0.200. The molecule has 0 bridgehead atoms. The van der Waals surface area contributed by atoms with Crippen LogP contribution in [0, 0.1) is 20.8 Å². The largest absolute Gasteiger partial charge is 0.294 e. The van der Waals surface area contributed by atoms with Crippen LogP contribution in [0.4, 0.5) is 17.1 Å². The van der Waals surface area contributed by atoms with E-state index in [2.05, 4.69) is 20.7 Å². The first-order valence-electron chi connectivity index (χ1n) is 10.2. The number of carbonyl (C=O) groups excluding carboxylic acids is 2. The Labute approximate surface area is 187 Å². The van der Waals surface area contributed by atoms with Crippen molar-refractivity contribution in [1.82, 2.24) is 0 Å². The molecule has 162 valence electrons. The van der Waals surface area contributed by atoms with Crippen LogP contribution in [0.15, 0.2) is 81.3 Å². The summed E-state index contributed by atoms with van der Waals surface area (Å²) in [6.45, 7) is 8.66. The fourth-order valence-electron chi connectivity index (χ4n) is 3.31. The minimum absolute atomic E-state index is 0.0316. The second kappa shape index (κ2) is 9.87. The molecule has 0 aromatic heterocycles. The van der Waals surface area contributed by atoms with Crippen molar-refractivity contribution in [1.29, 1.82) is 0 Å². The van der Waals surface area contributed by atoms with E-state index in [9.17, 15) is 9.59 Å². The first-order valence-corrected chi connectivity index (χ1v) is 10.2. The summed E-state index contributed by atoms with van der Waals surface area (Å²) in [6, 6.07) is 18.3. The summed E-state index contributed by atoms with van der Waals surface area (Å²) in [7, 11) is 0. The Morgan fingerprint density at radius 3 is 1.56 bits per heavy atom. The quantitative estimate of drug-likeness (QED) is 0.226. The average Bonchev–Trinajstić information content (AvgIpc) is 2.76. The Morgan fingerprint density at radius 1 is 0.656 bits per heavy atom. The maximum atomic E-state index is 11.8. The average molecular weight is 428 g/mol. The SMILES string of the molecule is CC(=O)c1cccc(N=NN(N=Nc2cccc(C(C)=O)c2C)c2ccccc2C)c1C. The minimum Gasteiger partial charge on any atom is -0.294 e. The van der Waals surface area contributed by atoms with Crippen molar-refractivity contribution in [2.45, 2.75) is 34.6 Å². The molecule has 32 heavy (non-hydrogen) atoms. The molecule has 0 aliphatic heterocycles. The van der Waals surface area contributed by atoms with Gasteiger partial charge in [-0.25, -0.2) is 0 Å². The third kappa shape index (κ3) is 5.00. The molecule has 0 radical (unpaired) electrons. The molecule has 0 saturated carbocycles. The van der Waals surface area contributed by atoms with Crippen LogP contribution < -0.4 is 5.12 Å². The number of aryl methyl sites for hydroxylation is 1. The summed E-state index contributed by atoms with van der Waals surface area (Å²) in [4.78, 5) is 23.7. The van der Waals surface area contributed by atoms with Crippen LogP contribution >= 0.6 is 0 Å². The summed E-state index contributed by atoms with van der Waals surface area (Å²) in [6.07, 6.45) is 0. The van der Waals surface area contributed by atoms with Gasteiger partial charge in [0.25, 0.3) is 0 Å². The monoisotopic (exact) mass is 427 g/mol. The molecule has 0 N–H and O–H groups in total. The minimum atomic E-state index is -0.0316. The number of hydrogen-bond acceptors (Lipinski definition) is 6. The van der Waals surface area contributed by atoms with E-state index in [0.29, 0.717) is 28.2 Å². The van der Waals surface area contributed by atoms with E-state index in [0.717, 1.165) is 16.7 Å². The number of benzene rings is 3. The van der Waals surface area contributed by atoms with E-state index in [1.54, 1.807) is 36.4 Å². The van der Waals surface area contributed by atoms with Crippen molar-refractivity contribution in [2.24, 2.45) is 20.7 Å². The van der Waals surface area contributed by atoms with Crippen molar-refractivity contribution in [3.05, 3.63) is 88.5 Å². The van der Waals surface area contributed by atoms with Gasteiger partial charge in [0, 0.05) is 11.1 Å². The summed E-state index contributed by atoms with van der Waals surface area (Å²) < 4.78 is 0. The zero-order chi connectivity index (χ0) is 23.3. The molecular weight excluding hydrogens is 402 g/mol. The maximum Gasteiger partial charge on any atom is 0.160 e. The normalized spacial score (nSPS) is 11.3. The van der Waals surface area contributed by atoms with Crippen molar-refractivity contribution in [3.63, 3.8) is 0 Å². The molecule has 7 nitrogen and oxygen atoms in total. The molecule has 0 spiro atoms. The lowest BCUT2D eigenvalue weighted by atomic mass is 10.0. The Kier molecular flexibility index (Phi) is 7.00. The summed E-state index contributed by atoms with van der Waals surface area (Å²) in [5.74, 6) is -0.0633. The van der Waals surface area contributed by atoms with E-state index in [1.807, 2.05) is 45.0 Å². The van der Waals surface area contributed by atoms with E-state index in [-0.39, 0.29) is 11.6 Å². The van der Waals surface area contributed by atoms with Gasteiger partial charge in [-0.3, -0.25) is 9.59 Å². The first-order chi connectivity index (χ1) is 15.3. The van der Waals surface area contributed by atoms with Crippen molar-refractivity contribution < 1.29 is 9.59 Å². The van der Waals surface area contributed by atoms with E-state index in [1.165, 1.54) is 19.0 Å². The van der Waals surface area contributed by atoms with Gasteiger partial charge in [-0.2, -0.15) is 0 Å². The first kappa shape index (κ1) is 22.7. The molecule has 0 unspecified atom stereocenters. The van der Waals surface area contributed by atoms with E-state index < -0.39 is 0 Å². The third-order valence-corrected chi connectivity index (χ3v) is 5.17. The van der Waals surface area contributed by atoms with Gasteiger partial charge in [0.05, 0.1) is 17.1 Å². The van der Waals surface area contributed by atoms with Crippen LogP contribution in [-0.4, -0.2) is 11.6 Å². The summed E-state index contributed by atoms with van der Waals surface area (Å²) in [5.41, 5.74) is 5.48. The van der Waals surface area contributed by atoms with E-state index in [4.69, 9.17) is 0 Å². The molecule has 0 aliphatic carbocycles. The molecule has 3 rings (SSSR count). The van der Waals surface area contributed by atoms with Gasteiger partial charge in [0.2, 0.25) is 0 Å². The lowest BCUT2D eigenvalue weighted by Gasteiger charge is -2.13. The highest BCUT2D eigenvalue weighted by Crippen LogP contribution is 2.28. The highest BCUT2D eigenvalue weighted by atomic mass is 16.1. The van der Waals surface area contributed by atoms with Gasteiger partial charge in [0.1, 0.15) is 0 Å². The highest BCUT2D eigenvalue weighted by Gasteiger charge is 2.12. The number of rotatable bonds is 7. The number of carbonyl (C=O) groups is 2. The van der Waals surface area contributed by atoms with Crippen molar-refractivity contribution in [2.75, 3.05) is 5.12 Å². The molecule has 0 heterocycles. The van der Waals surface area contributed by atoms with Gasteiger partial charge in [-0.15, -0.1) is 15.3 Å². The van der Waals surface area contributed by atoms with Gasteiger partial charge < -0.3 is 0 Å². The second-order valence-corrected chi connectivity index (χ2v) is 7.47.